The fraction of sp³-hybridized carbons (Fsp3) is 0.333. The average molecular weight is 488 g/mol. The number of amides is 1. The number of hydrogen-bond donors (Lipinski definition) is 0. The van der Waals surface area contributed by atoms with Crippen molar-refractivity contribution in [3.63, 3.8) is 0 Å². The van der Waals surface area contributed by atoms with Gasteiger partial charge in [-0.05, 0) is 93.1 Å². The number of likely N-dealkylation sites (tertiary alicyclic amines) is 1. The topological polar surface area (TPSA) is 38.1 Å². The molecular weight excluding hydrogens is 456 g/mol. The molecule has 1 aromatic heterocycles. The maximum Gasteiger partial charge on any atom is 0.255 e. The third kappa shape index (κ3) is 3.98. The molecule has 0 N–H and O–H groups in total. The third-order valence-electron chi connectivity index (χ3n) is 7.58. The van der Waals surface area contributed by atoms with Gasteiger partial charge in [-0.15, -0.1) is 0 Å². The van der Waals surface area contributed by atoms with Gasteiger partial charge in [0.1, 0.15) is 18.3 Å². The van der Waals surface area contributed by atoms with Crippen molar-refractivity contribution >= 4 is 16.9 Å². The molecule has 0 aliphatic carbocycles. The molecule has 6 heteroatoms. The number of carbonyl (C=O) groups excluding carboxylic acids is 1. The quantitative estimate of drug-likeness (QED) is 0.307. The molecule has 1 atom stereocenters. The van der Waals surface area contributed by atoms with Crippen molar-refractivity contribution in [2.45, 2.75) is 52.6 Å². The molecule has 0 saturated carbocycles. The van der Waals surface area contributed by atoms with E-state index in [4.69, 9.17) is 4.98 Å². The number of carbonyl (C=O) groups is 1. The van der Waals surface area contributed by atoms with Gasteiger partial charge in [0.2, 0.25) is 0 Å². The van der Waals surface area contributed by atoms with Crippen LogP contribution in [0.1, 0.15) is 52.6 Å². The Morgan fingerprint density at radius 2 is 1.83 bits per heavy atom. The lowest BCUT2D eigenvalue weighted by molar-refractivity contribution is 0.0598. The number of nitrogens with zero attached hydrogens (tertiary/aromatic N) is 3. The van der Waals surface area contributed by atoms with Gasteiger partial charge in [0.05, 0.1) is 23.1 Å². The second-order valence-corrected chi connectivity index (χ2v) is 10.1. The highest BCUT2D eigenvalue weighted by atomic mass is 19.1. The monoisotopic (exact) mass is 487 g/mol. The number of fused-ring (bicyclic) bond motifs is 1. The van der Waals surface area contributed by atoms with E-state index in [1.54, 1.807) is 6.07 Å². The SMILES string of the molecule is Cc1ccc(-c2cccc(F)c2)c(C(=O)N2CCC[C@@]2(C)c2nc3cc(C)c(C)cc3n2CCF)c1. The summed E-state index contributed by atoms with van der Waals surface area (Å²) in [4.78, 5) is 21.0. The number of hydrogen-bond acceptors (Lipinski definition) is 2. The summed E-state index contributed by atoms with van der Waals surface area (Å²) < 4.78 is 29.7. The first kappa shape index (κ1) is 24.2. The molecule has 5 rings (SSSR count). The van der Waals surface area contributed by atoms with Gasteiger partial charge in [-0.1, -0.05) is 29.8 Å². The first-order valence-corrected chi connectivity index (χ1v) is 12.5. The van der Waals surface area contributed by atoms with Gasteiger partial charge in [0.15, 0.2) is 0 Å². The molecular formula is C30H31F2N3O. The number of alkyl halides is 1. The zero-order valence-electron chi connectivity index (χ0n) is 21.2. The summed E-state index contributed by atoms with van der Waals surface area (Å²) >= 11 is 0. The van der Waals surface area contributed by atoms with E-state index in [-0.39, 0.29) is 18.3 Å². The molecule has 1 aliphatic heterocycles. The number of aromatic nitrogens is 2. The van der Waals surface area contributed by atoms with E-state index in [0.29, 0.717) is 29.1 Å². The Labute approximate surface area is 210 Å². The van der Waals surface area contributed by atoms with Crippen LogP contribution in [0.4, 0.5) is 8.78 Å². The van der Waals surface area contributed by atoms with Crippen LogP contribution in [0.25, 0.3) is 22.2 Å². The summed E-state index contributed by atoms with van der Waals surface area (Å²) in [6.07, 6.45) is 1.55. The molecule has 4 aromatic rings. The van der Waals surface area contributed by atoms with Gasteiger partial charge in [-0.25, -0.2) is 13.8 Å². The molecule has 0 unspecified atom stereocenters. The Morgan fingerprint density at radius 3 is 2.58 bits per heavy atom. The van der Waals surface area contributed by atoms with Crippen molar-refractivity contribution < 1.29 is 13.6 Å². The fourth-order valence-electron chi connectivity index (χ4n) is 5.51. The van der Waals surface area contributed by atoms with Gasteiger partial charge in [-0.3, -0.25) is 4.79 Å². The number of aryl methyl sites for hydroxylation is 4. The number of halogens is 2. The van der Waals surface area contributed by atoms with Gasteiger partial charge >= 0.3 is 0 Å². The van der Waals surface area contributed by atoms with Crippen LogP contribution >= 0.6 is 0 Å². The Morgan fingerprint density at radius 1 is 1.06 bits per heavy atom. The Hall–Kier alpha value is -3.54. The maximum atomic E-state index is 14.2. The Kier molecular flexibility index (Phi) is 6.15. The van der Waals surface area contributed by atoms with Crippen molar-refractivity contribution in [2.24, 2.45) is 0 Å². The summed E-state index contributed by atoms with van der Waals surface area (Å²) in [5, 5.41) is 0. The molecule has 3 aromatic carbocycles. The first-order valence-electron chi connectivity index (χ1n) is 12.5. The smallest absolute Gasteiger partial charge is 0.255 e. The Bertz CT molecular complexity index is 1470. The van der Waals surface area contributed by atoms with Gasteiger partial charge < -0.3 is 9.47 Å². The van der Waals surface area contributed by atoms with Crippen molar-refractivity contribution in [1.82, 2.24) is 14.5 Å². The predicted molar refractivity (Wildman–Crippen MR) is 139 cm³/mol. The molecule has 1 fully saturated rings. The third-order valence-corrected chi connectivity index (χ3v) is 7.58. The van der Waals surface area contributed by atoms with Crippen molar-refractivity contribution in [2.75, 3.05) is 13.2 Å². The molecule has 2 heterocycles. The highest BCUT2D eigenvalue weighted by Crippen LogP contribution is 2.41. The van der Waals surface area contributed by atoms with Crippen LogP contribution in [-0.2, 0) is 12.1 Å². The molecule has 1 aliphatic rings. The van der Waals surface area contributed by atoms with Crippen LogP contribution in [-0.4, -0.2) is 33.6 Å². The van der Waals surface area contributed by atoms with E-state index in [1.807, 2.05) is 67.5 Å². The summed E-state index contributed by atoms with van der Waals surface area (Å²) in [6, 6.07) is 16.1. The summed E-state index contributed by atoms with van der Waals surface area (Å²) in [6.45, 7) is 8.30. The summed E-state index contributed by atoms with van der Waals surface area (Å²) in [5.41, 5.74) is 6.11. The zero-order valence-corrected chi connectivity index (χ0v) is 21.2. The van der Waals surface area contributed by atoms with E-state index < -0.39 is 12.2 Å². The lowest BCUT2D eigenvalue weighted by Crippen LogP contribution is -2.45. The highest BCUT2D eigenvalue weighted by Gasteiger charge is 2.45. The first-order chi connectivity index (χ1) is 17.2. The standard InChI is InChI=1S/C30H31F2N3O/c1-19-9-10-24(22-7-5-8-23(32)18-22)25(15-19)28(36)35-13-6-11-30(35,4)29-33-26-16-20(2)21(3)17-27(26)34(29)14-12-31/h5,7-10,15-18H,6,11-14H2,1-4H3/t30-/m0/s1. The predicted octanol–water partition coefficient (Wildman–Crippen LogP) is 6.89. The summed E-state index contributed by atoms with van der Waals surface area (Å²) in [5.74, 6) is 0.248. The largest absolute Gasteiger partial charge is 0.326 e. The van der Waals surface area contributed by atoms with Crippen LogP contribution in [0.2, 0.25) is 0 Å². The number of rotatable bonds is 5. The number of benzene rings is 3. The molecule has 186 valence electrons. The molecule has 4 nitrogen and oxygen atoms in total. The van der Waals surface area contributed by atoms with E-state index >= 15 is 0 Å². The van der Waals surface area contributed by atoms with E-state index in [2.05, 4.69) is 6.07 Å². The van der Waals surface area contributed by atoms with E-state index in [1.165, 1.54) is 12.1 Å². The molecule has 1 amide bonds. The molecule has 1 saturated heterocycles. The normalized spacial score (nSPS) is 17.8. The lowest BCUT2D eigenvalue weighted by Gasteiger charge is -2.35. The van der Waals surface area contributed by atoms with E-state index in [0.717, 1.165) is 40.6 Å². The summed E-state index contributed by atoms with van der Waals surface area (Å²) in [7, 11) is 0. The Balaban J connectivity index is 1.64. The van der Waals surface area contributed by atoms with Crippen LogP contribution in [0.15, 0.2) is 54.6 Å². The van der Waals surface area contributed by atoms with Gasteiger partial charge in [0, 0.05) is 12.1 Å². The van der Waals surface area contributed by atoms with Gasteiger partial charge in [-0.2, -0.15) is 0 Å². The van der Waals surface area contributed by atoms with Crippen LogP contribution in [0.5, 0.6) is 0 Å². The van der Waals surface area contributed by atoms with Crippen molar-refractivity contribution in [3.05, 3.63) is 88.5 Å². The maximum absolute atomic E-state index is 14.2. The molecule has 0 radical (unpaired) electrons. The molecule has 36 heavy (non-hydrogen) atoms. The average Bonchev–Trinajstić information content (AvgIpc) is 3.40. The van der Waals surface area contributed by atoms with Gasteiger partial charge in [0.25, 0.3) is 5.91 Å². The van der Waals surface area contributed by atoms with Crippen LogP contribution < -0.4 is 0 Å². The van der Waals surface area contributed by atoms with Crippen molar-refractivity contribution in [3.8, 4) is 11.1 Å². The number of imidazole rings is 1. The molecule has 0 spiro atoms. The van der Waals surface area contributed by atoms with Crippen LogP contribution in [0, 0.1) is 26.6 Å². The zero-order chi connectivity index (χ0) is 25.6. The minimum Gasteiger partial charge on any atom is -0.326 e. The second kappa shape index (κ2) is 9.16. The highest BCUT2D eigenvalue weighted by molar-refractivity contribution is 6.01. The van der Waals surface area contributed by atoms with Crippen LogP contribution in [0.3, 0.4) is 0 Å². The minimum absolute atomic E-state index is 0.121. The van der Waals surface area contributed by atoms with Crippen molar-refractivity contribution in [1.29, 1.82) is 0 Å². The fourth-order valence-corrected chi connectivity index (χ4v) is 5.51. The van der Waals surface area contributed by atoms with E-state index in [9.17, 15) is 13.6 Å². The molecule has 0 bridgehead atoms. The minimum atomic E-state index is -0.698. The lowest BCUT2D eigenvalue weighted by atomic mass is 9.93. The second-order valence-electron chi connectivity index (χ2n) is 10.1.